The third kappa shape index (κ3) is 2.37. The van der Waals surface area contributed by atoms with Crippen molar-refractivity contribution in [2.24, 2.45) is 0 Å². The molecule has 1 aromatic heterocycles. The highest BCUT2D eigenvalue weighted by Crippen LogP contribution is 2.31. The van der Waals surface area contributed by atoms with Crippen LogP contribution in [-0.2, 0) is 0 Å². The molecule has 3 N–H and O–H groups in total. The molecule has 1 heterocycles. The Bertz CT molecular complexity index is 586. The zero-order valence-corrected chi connectivity index (χ0v) is 11.4. The number of benzene rings is 1. The van der Waals surface area contributed by atoms with Crippen molar-refractivity contribution < 1.29 is 0 Å². The highest BCUT2D eigenvalue weighted by molar-refractivity contribution is 6.01. The van der Waals surface area contributed by atoms with Gasteiger partial charge in [0, 0.05) is 28.7 Å². The maximum Gasteiger partial charge on any atom is 0.134 e. The van der Waals surface area contributed by atoms with Crippen molar-refractivity contribution in [3.63, 3.8) is 0 Å². The molecule has 0 spiro atoms. The molecule has 1 aliphatic carbocycles. The Hall–Kier alpha value is -1.77. The Labute approximate surface area is 114 Å². The number of hydrogen-bond donors (Lipinski definition) is 2. The van der Waals surface area contributed by atoms with Crippen molar-refractivity contribution in [2.75, 3.05) is 11.1 Å². The van der Waals surface area contributed by atoms with Crippen LogP contribution in [-0.4, -0.2) is 11.0 Å². The Kier molecular flexibility index (Phi) is 3.28. The summed E-state index contributed by atoms with van der Waals surface area (Å²) in [5.74, 6) is 0.995. The molecule has 1 aliphatic rings. The first-order valence-electron chi connectivity index (χ1n) is 7.16. The third-order valence-corrected chi connectivity index (χ3v) is 4.12. The van der Waals surface area contributed by atoms with Gasteiger partial charge in [-0.1, -0.05) is 25.3 Å². The first-order chi connectivity index (χ1) is 9.25. The average Bonchev–Trinajstić information content (AvgIpc) is 2.44. The summed E-state index contributed by atoms with van der Waals surface area (Å²) in [5.41, 5.74) is 8.13. The van der Waals surface area contributed by atoms with Crippen LogP contribution in [0, 0.1) is 6.92 Å². The standard InChI is InChI=1S/C16H21N3/c1-11-7-8-14(17)13-9-10-18-16(15(11)13)19-12-5-3-2-4-6-12/h7-10,12H,2-6,17H2,1H3,(H,18,19). The number of aromatic nitrogens is 1. The normalized spacial score (nSPS) is 16.7. The smallest absolute Gasteiger partial charge is 0.134 e. The quantitative estimate of drug-likeness (QED) is 0.801. The van der Waals surface area contributed by atoms with Crippen molar-refractivity contribution in [3.05, 3.63) is 30.0 Å². The fourth-order valence-electron chi connectivity index (χ4n) is 3.04. The van der Waals surface area contributed by atoms with Gasteiger partial charge >= 0.3 is 0 Å². The Morgan fingerprint density at radius 3 is 2.74 bits per heavy atom. The molecule has 100 valence electrons. The number of hydrogen-bond acceptors (Lipinski definition) is 3. The van der Waals surface area contributed by atoms with E-state index in [0.717, 1.165) is 16.9 Å². The number of fused-ring (bicyclic) bond motifs is 1. The number of nitrogen functional groups attached to an aromatic ring is 1. The zero-order valence-electron chi connectivity index (χ0n) is 11.4. The third-order valence-electron chi connectivity index (χ3n) is 4.12. The van der Waals surface area contributed by atoms with Gasteiger partial charge in [-0.05, 0) is 37.5 Å². The Morgan fingerprint density at radius 2 is 1.95 bits per heavy atom. The molecule has 3 nitrogen and oxygen atoms in total. The van der Waals surface area contributed by atoms with Crippen LogP contribution in [0.25, 0.3) is 10.8 Å². The second kappa shape index (κ2) is 5.08. The Balaban J connectivity index is 2.00. The van der Waals surface area contributed by atoms with Crippen LogP contribution in [0.1, 0.15) is 37.7 Å². The van der Waals surface area contributed by atoms with Gasteiger partial charge in [0.05, 0.1) is 0 Å². The lowest BCUT2D eigenvalue weighted by atomic mass is 9.95. The lowest BCUT2D eigenvalue weighted by Gasteiger charge is -2.24. The molecule has 1 saturated carbocycles. The molecule has 0 unspecified atom stereocenters. The highest BCUT2D eigenvalue weighted by atomic mass is 15.0. The van der Waals surface area contributed by atoms with Crippen molar-refractivity contribution in [1.82, 2.24) is 4.98 Å². The van der Waals surface area contributed by atoms with E-state index in [1.165, 1.54) is 43.1 Å². The van der Waals surface area contributed by atoms with Gasteiger partial charge in [-0.25, -0.2) is 4.98 Å². The van der Waals surface area contributed by atoms with Crippen molar-refractivity contribution in [2.45, 2.75) is 45.1 Å². The maximum absolute atomic E-state index is 6.07. The zero-order chi connectivity index (χ0) is 13.2. The summed E-state index contributed by atoms with van der Waals surface area (Å²) in [6.45, 7) is 2.12. The summed E-state index contributed by atoms with van der Waals surface area (Å²) < 4.78 is 0. The van der Waals surface area contributed by atoms with E-state index in [1.54, 1.807) is 0 Å². The van der Waals surface area contributed by atoms with Crippen LogP contribution in [0.4, 0.5) is 11.5 Å². The van der Waals surface area contributed by atoms with Gasteiger partial charge in [-0.3, -0.25) is 0 Å². The fourth-order valence-corrected chi connectivity index (χ4v) is 3.04. The van der Waals surface area contributed by atoms with Crippen LogP contribution < -0.4 is 11.1 Å². The number of nitrogens with one attached hydrogen (secondary N) is 1. The first-order valence-corrected chi connectivity index (χ1v) is 7.16. The van der Waals surface area contributed by atoms with Gasteiger partial charge in [0.25, 0.3) is 0 Å². The molecule has 0 bridgehead atoms. The molecule has 0 aliphatic heterocycles. The lowest BCUT2D eigenvalue weighted by molar-refractivity contribution is 0.462. The van der Waals surface area contributed by atoms with Crippen LogP contribution >= 0.6 is 0 Å². The predicted octanol–water partition coefficient (Wildman–Crippen LogP) is 3.87. The van der Waals surface area contributed by atoms with Gasteiger partial charge in [-0.15, -0.1) is 0 Å². The van der Waals surface area contributed by atoms with E-state index in [9.17, 15) is 0 Å². The molecule has 3 heteroatoms. The number of anilines is 2. The van der Waals surface area contributed by atoms with E-state index in [1.807, 2.05) is 18.3 Å². The highest BCUT2D eigenvalue weighted by Gasteiger charge is 2.15. The van der Waals surface area contributed by atoms with E-state index in [0.29, 0.717) is 6.04 Å². The molecule has 2 aromatic rings. The minimum atomic E-state index is 0.563. The van der Waals surface area contributed by atoms with Gasteiger partial charge in [0.15, 0.2) is 0 Å². The minimum absolute atomic E-state index is 0.563. The summed E-state index contributed by atoms with van der Waals surface area (Å²) in [6.07, 6.45) is 8.36. The molecule has 0 radical (unpaired) electrons. The monoisotopic (exact) mass is 255 g/mol. The number of nitrogens with two attached hydrogens (primary N) is 1. The predicted molar refractivity (Wildman–Crippen MR) is 81.4 cm³/mol. The summed E-state index contributed by atoms with van der Waals surface area (Å²) >= 11 is 0. The van der Waals surface area contributed by atoms with E-state index < -0.39 is 0 Å². The topological polar surface area (TPSA) is 50.9 Å². The van der Waals surface area contributed by atoms with Crippen LogP contribution in [0.3, 0.4) is 0 Å². The number of rotatable bonds is 2. The summed E-state index contributed by atoms with van der Waals surface area (Å²) in [7, 11) is 0. The molecule has 0 atom stereocenters. The second-order valence-corrected chi connectivity index (χ2v) is 5.53. The number of nitrogens with zero attached hydrogens (tertiary/aromatic N) is 1. The molecule has 0 amide bonds. The van der Waals surface area contributed by atoms with Gasteiger partial charge in [-0.2, -0.15) is 0 Å². The van der Waals surface area contributed by atoms with Crippen LogP contribution in [0.15, 0.2) is 24.4 Å². The SMILES string of the molecule is Cc1ccc(N)c2ccnc(NC3CCCCC3)c12. The average molecular weight is 255 g/mol. The summed E-state index contributed by atoms with van der Waals surface area (Å²) in [6, 6.07) is 6.62. The van der Waals surface area contributed by atoms with Gasteiger partial charge in [0.2, 0.25) is 0 Å². The largest absolute Gasteiger partial charge is 0.398 e. The molecule has 1 fully saturated rings. The minimum Gasteiger partial charge on any atom is -0.398 e. The number of pyridine rings is 1. The van der Waals surface area contributed by atoms with E-state index >= 15 is 0 Å². The maximum atomic E-state index is 6.07. The van der Waals surface area contributed by atoms with Crippen molar-refractivity contribution in [3.8, 4) is 0 Å². The van der Waals surface area contributed by atoms with E-state index in [4.69, 9.17) is 5.73 Å². The molecule has 3 rings (SSSR count). The van der Waals surface area contributed by atoms with E-state index in [-0.39, 0.29) is 0 Å². The van der Waals surface area contributed by atoms with Crippen LogP contribution in [0.5, 0.6) is 0 Å². The second-order valence-electron chi connectivity index (χ2n) is 5.53. The molecule has 1 aromatic carbocycles. The summed E-state index contributed by atoms with van der Waals surface area (Å²) in [5, 5.41) is 5.90. The fraction of sp³-hybridized carbons (Fsp3) is 0.438. The molecular weight excluding hydrogens is 234 g/mol. The molecule has 19 heavy (non-hydrogen) atoms. The van der Waals surface area contributed by atoms with Gasteiger partial charge in [0.1, 0.15) is 5.82 Å². The van der Waals surface area contributed by atoms with E-state index in [2.05, 4.69) is 23.3 Å². The van der Waals surface area contributed by atoms with Crippen LogP contribution in [0.2, 0.25) is 0 Å². The van der Waals surface area contributed by atoms with Crippen molar-refractivity contribution in [1.29, 1.82) is 0 Å². The lowest BCUT2D eigenvalue weighted by Crippen LogP contribution is -2.23. The molecule has 0 saturated heterocycles. The molecular formula is C16H21N3. The van der Waals surface area contributed by atoms with Crippen molar-refractivity contribution >= 4 is 22.3 Å². The van der Waals surface area contributed by atoms with Gasteiger partial charge < -0.3 is 11.1 Å². The summed E-state index contributed by atoms with van der Waals surface area (Å²) in [4.78, 5) is 4.54. The first kappa shape index (κ1) is 12.3. The number of aryl methyl sites for hydroxylation is 1. The Morgan fingerprint density at radius 1 is 1.16 bits per heavy atom.